The third-order valence-corrected chi connectivity index (χ3v) is 7.09. The van der Waals surface area contributed by atoms with Crippen molar-refractivity contribution < 1.29 is 23.9 Å². The molecule has 1 N–H and O–H groups in total. The molecule has 1 amide bonds. The van der Waals surface area contributed by atoms with Crippen molar-refractivity contribution in [3.63, 3.8) is 0 Å². The topological polar surface area (TPSA) is 94.6 Å². The van der Waals surface area contributed by atoms with Crippen LogP contribution in [0.15, 0.2) is 60.0 Å². The first kappa shape index (κ1) is 22.2. The number of allylic oxidation sites excluding steroid dienone is 1. The van der Waals surface area contributed by atoms with Gasteiger partial charge in [-0.25, -0.2) is 9.78 Å². The van der Waals surface area contributed by atoms with Crippen LogP contribution in [0.5, 0.6) is 5.75 Å². The van der Waals surface area contributed by atoms with Gasteiger partial charge in [0.1, 0.15) is 5.75 Å². The molecule has 178 valence electrons. The van der Waals surface area contributed by atoms with Crippen LogP contribution in [0.2, 0.25) is 0 Å². The van der Waals surface area contributed by atoms with Crippen molar-refractivity contribution in [3.8, 4) is 5.75 Å². The van der Waals surface area contributed by atoms with Crippen molar-refractivity contribution in [1.29, 1.82) is 0 Å². The predicted molar refractivity (Wildman–Crippen MR) is 137 cm³/mol. The Morgan fingerprint density at radius 1 is 1.11 bits per heavy atom. The zero-order chi connectivity index (χ0) is 24.6. The van der Waals surface area contributed by atoms with Crippen molar-refractivity contribution in [3.05, 3.63) is 87.2 Å². The van der Waals surface area contributed by atoms with Crippen molar-refractivity contribution in [2.75, 3.05) is 18.5 Å². The average Bonchev–Trinajstić information content (AvgIpc) is 3.55. The summed E-state index contributed by atoms with van der Waals surface area (Å²) in [5.41, 5.74) is 4.66. The summed E-state index contributed by atoms with van der Waals surface area (Å²) in [6.45, 7) is -0.484. The maximum absolute atomic E-state index is 13.4. The summed E-state index contributed by atoms with van der Waals surface area (Å²) in [5.74, 6) is -0.720. The van der Waals surface area contributed by atoms with E-state index in [2.05, 4.69) is 17.5 Å². The zero-order valence-electron chi connectivity index (χ0n) is 19.1. The number of benzene rings is 2. The number of amides is 1. The number of hydrogen-bond donors (Lipinski definition) is 1. The van der Waals surface area contributed by atoms with Gasteiger partial charge in [-0.15, -0.1) is 11.3 Å². The van der Waals surface area contributed by atoms with Gasteiger partial charge in [0.25, 0.3) is 5.91 Å². The van der Waals surface area contributed by atoms with Crippen molar-refractivity contribution >= 4 is 57.2 Å². The molecule has 0 saturated carbocycles. The van der Waals surface area contributed by atoms with Gasteiger partial charge in [0.2, 0.25) is 0 Å². The van der Waals surface area contributed by atoms with Gasteiger partial charge in [0.15, 0.2) is 19.0 Å². The number of ketones is 1. The quantitative estimate of drug-likeness (QED) is 0.303. The molecule has 0 atom stereocenters. The van der Waals surface area contributed by atoms with Gasteiger partial charge in [0, 0.05) is 15.8 Å². The molecule has 3 heterocycles. The third-order valence-electron chi connectivity index (χ3n) is 6.27. The lowest BCUT2D eigenvalue weighted by atomic mass is 10.0. The fraction of sp³-hybridized carbons (Fsp3) is 0.143. The largest absolute Gasteiger partial charge is 0.482 e. The van der Waals surface area contributed by atoms with E-state index in [4.69, 9.17) is 14.5 Å². The number of pyridine rings is 1. The molecule has 0 bridgehead atoms. The molecule has 0 fully saturated rings. The Morgan fingerprint density at radius 2 is 2.00 bits per heavy atom. The second-order valence-corrected chi connectivity index (χ2v) is 9.54. The predicted octanol–water partition coefficient (Wildman–Crippen LogP) is 5.15. The maximum Gasteiger partial charge on any atom is 0.339 e. The van der Waals surface area contributed by atoms with E-state index in [-0.39, 0.29) is 18.3 Å². The van der Waals surface area contributed by atoms with Gasteiger partial charge in [-0.2, -0.15) is 0 Å². The molecule has 1 aliphatic heterocycles. The van der Waals surface area contributed by atoms with Crippen LogP contribution < -0.4 is 10.1 Å². The first-order valence-corrected chi connectivity index (χ1v) is 12.4. The summed E-state index contributed by atoms with van der Waals surface area (Å²) in [5, 5.41) is 5.41. The standard InChI is InChI=1S/C28H20N2O5S/c31-23(16-8-10-24-22(13-16)29-25(32)15-34-24)14-35-28(33)26-19-5-1-2-6-21(19)30-27-17(7-9-20(26)27)12-18-4-3-11-36-18/h1-6,8,10-13H,7,9,14-15H2,(H,29,32)/b17-12-. The number of aromatic nitrogens is 1. The van der Waals surface area contributed by atoms with Gasteiger partial charge in [-0.1, -0.05) is 24.3 Å². The molecule has 8 heteroatoms. The Hall–Kier alpha value is -4.30. The number of hydrogen-bond acceptors (Lipinski definition) is 7. The van der Waals surface area contributed by atoms with Crippen LogP contribution in [0.3, 0.4) is 0 Å². The number of fused-ring (bicyclic) bond motifs is 3. The highest BCUT2D eigenvalue weighted by molar-refractivity contribution is 7.10. The number of thiophene rings is 1. The fourth-order valence-electron chi connectivity index (χ4n) is 4.60. The monoisotopic (exact) mass is 496 g/mol. The molecule has 0 spiro atoms. The zero-order valence-corrected chi connectivity index (χ0v) is 19.9. The summed E-state index contributed by atoms with van der Waals surface area (Å²) >= 11 is 1.65. The molecule has 0 saturated heterocycles. The van der Waals surface area contributed by atoms with Crippen LogP contribution in [0.1, 0.15) is 43.3 Å². The first-order chi connectivity index (χ1) is 17.6. The van der Waals surface area contributed by atoms with E-state index in [0.717, 1.165) is 28.1 Å². The molecule has 1 aliphatic carbocycles. The summed E-state index contributed by atoms with van der Waals surface area (Å²) < 4.78 is 10.9. The van der Waals surface area contributed by atoms with Crippen LogP contribution in [0.4, 0.5) is 5.69 Å². The number of carbonyl (C=O) groups is 3. The minimum Gasteiger partial charge on any atom is -0.482 e. The van der Waals surface area contributed by atoms with Gasteiger partial charge in [0.05, 0.1) is 22.5 Å². The lowest BCUT2D eigenvalue weighted by Crippen LogP contribution is -2.25. The molecule has 2 aromatic carbocycles. The Labute approximate surface area is 210 Å². The lowest BCUT2D eigenvalue weighted by Gasteiger charge is -2.18. The molecular formula is C28H20N2O5S. The molecule has 2 aromatic heterocycles. The number of para-hydroxylation sites is 1. The highest BCUT2D eigenvalue weighted by atomic mass is 32.1. The highest BCUT2D eigenvalue weighted by Gasteiger charge is 2.28. The molecule has 7 nitrogen and oxygen atoms in total. The number of Topliss-reactive ketones (excluding diaryl/α,β-unsaturated/α-hetero) is 1. The van der Waals surface area contributed by atoms with E-state index in [9.17, 15) is 14.4 Å². The van der Waals surface area contributed by atoms with Gasteiger partial charge >= 0.3 is 5.97 Å². The molecule has 6 rings (SSSR count). The van der Waals surface area contributed by atoms with Crippen LogP contribution >= 0.6 is 11.3 Å². The normalized spacial score (nSPS) is 15.2. The van der Waals surface area contributed by atoms with Crippen molar-refractivity contribution in [2.45, 2.75) is 12.8 Å². The number of carbonyl (C=O) groups excluding carboxylic acids is 3. The van der Waals surface area contributed by atoms with Crippen LogP contribution in [0.25, 0.3) is 22.6 Å². The van der Waals surface area contributed by atoms with Crippen LogP contribution in [-0.2, 0) is 16.0 Å². The van der Waals surface area contributed by atoms with E-state index in [0.29, 0.717) is 39.9 Å². The Morgan fingerprint density at radius 3 is 2.86 bits per heavy atom. The SMILES string of the molecule is O=C1COc2ccc(C(=O)COC(=O)c3c4c(nc5ccccc35)/C(=C\c3cccs3)CC4)cc2N1. The average molecular weight is 497 g/mol. The highest BCUT2D eigenvalue weighted by Crippen LogP contribution is 2.38. The number of nitrogens with one attached hydrogen (secondary N) is 1. The number of nitrogens with zero attached hydrogens (tertiary/aromatic N) is 1. The van der Waals surface area contributed by atoms with Crippen molar-refractivity contribution in [1.82, 2.24) is 4.98 Å². The van der Waals surface area contributed by atoms with Crippen molar-refractivity contribution in [2.24, 2.45) is 0 Å². The van der Waals surface area contributed by atoms with E-state index in [1.165, 1.54) is 6.07 Å². The second-order valence-electron chi connectivity index (χ2n) is 8.56. The van der Waals surface area contributed by atoms with E-state index in [1.807, 2.05) is 35.7 Å². The summed E-state index contributed by atoms with van der Waals surface area (Å²) in [6, 6.07) is 16.3. The maximum atomic E-state index is 13.4. The summed E-state index contributed by atoms with van der Waals surface area (Å²) in [7, 11) is 0. The molecule has 4 aromatic rings. The molecule has 36 heavy (non-hydrogen) atoms. The second kappa shape index (κ2) is 9.05. The van der Waals surface area contributed by atoms with Crippen LogP contribution in [0, 0.1) is 0 Å². The number of anilines is 1. The van der Waals surface area contributed by atoms with Gasteiger partial charge in [-0.3, -0.25) is 9.59 Å². The smallest absolute Gasteiger partial charge is 0.339 e. The molecule has 0 unspecified atom stereocenters. The van der Waals surface area contributed by atoms with Gasteiger partial charge in [-0.05, 0) is 65.8 Å². The van der Waals surface area contributed by atoms with E-state index in [1.54, 1.807) is 23.5 Å². The minimum atomic E-state index is -0.551. The van der Waals surface area contributed by atoms with Gasteiger partial charge < -0.3 is 14.8 Å². The Balaban J connectivity index is 1.29. The number of esters is 1. The number of rotatable bonds is 5. The number of ether oxygens (including phenoxy) is 2. The molecule has 2 aliphatic rings. The minimum absolute atomic E-state index is 0.0631. The summed E-state index contributed by atoms with van der Waals surface area (Å²) in [6.07, 6.45) is 3.57. The van der Waals surface area contributed by atoms with Crippen LogP contribution in [-0.4, -0.2) is 35.9 Å². The van der Waals surface area contributed by atoms with E-state index < -0.39 is 12.6 Å². The Kier molecular flexibility index (Phi) is 5.58. The third kappa shape index (κ3) is 4.05. The first-order valence-electron chi connectivity index (χ1n) is 11.5. The Bertz CT molecular complexity index is 1570. The van der Waals surface area contributed by atoms with E-state index >= 15 is 0 Å². The fourth-order valence-corrected chi connectivity index (χ4v) is 5.28. The summed E-state index contributed by atoms with van der Waals surface area (Å²) in [4.78, 5) is 43.8. The molecular weight excluding hydrogens is 476 g/mol. The molecule has 0 radical (unpaired) electrons. The lowest BCUT2D eigenvalue weighted by molar-refractivity contribution is -0.118.